The summed E-state index contributed by atoms with van der Waals surface area (Å²) in [7, 11) is 1.48. The molecule has 2 amide bonds. The molecule has 0 saturated carbocycles. The number of hydrogen-bond acceptors (Lipinski definition) is 3. The van der Waals surface area contributed by atoms with Crippen LogP contribution in [0, 0.1) is 0 Å². The molecule has 0 radical (unpaired) electrons. The molecule has 0 aliphatic heterocycles. The number of carbonyl (C=O) groups is 2. The molecule has 1 aromatic carbocycles. The van der Waals surface area contributed by atoms with Crippen LogP contribution in [0.4, 0.5) is 10.5 Å². The number of phenols is 1. The molecule has 3 N–H and O–H groups in total. The summed E-state index contributed by atoms with van der Waals surface area (Å²) in [6, 6.07) is 5.55. The van der Waals surface area contributed by atoms with Gasteiger partial charge in [-0.25, -0.2) is 4.79 Å². The zero-order valence-corrected chi connectivity index (χ0v) is 8.67. The summed E-state index contributed by atoms with van der Waals surface area (Å²) in [6.45, 7) is -0.442. The van der Waals surface area contributed by atoms with Gasteiger partial charge in [0, 0.05) is 18.8 Å². The number of nitrogens with one attached hydrogen (secondary N) is 1. The lowest BCUT2D eigenvalue weighted by Gasteiger charge is -2.17. The van der Waals surface area contributed by atoms with Crippen LogP contribution >= 0.6 is 0 Å². The van der Waals surface area contributed by atoms with Crippen LogP contribution in [-0.4, -0.2) is 35.8 Å². The van der Waals surface area contributed by atoms with Crippen LogP contribution in [0.25, 0.3) is 0 Å². The first-order chi connectivity index (χ1) is 7.50. The van der Waals surface area contributed by atoms with Crippen molar-refractivity contribution in [3.63, 3.8) is 0 Å². The predicted molar refractivity (Wildman–Crippen MR) is 57.5 cm³/mol. The summed E-state index contributed by atoms with van der Waals surface area (Å²) in [5.74, 6) is -1.08. The molecule has 0 atom stereocenters. The van der Waals surface area contributed by atoms with Crippen molar-refractivity contribution in [3.8, 4) is 5.75 Å². The van der Waals surface area contributed by atoms with E-state index in [1.165, 1.54) is 24.1 Å². The summed E-state index contributed by atoms with van der Waals surface area (Å²) < 4.78 is 0. The van der Waals surface area contributed by atoms with Gasteiger partial charge in [0.2, 0.25) is 0 Å². The van der Waals surface area contributed by atoms with E-state index < -0.39 is 18.5 Å². The molecule has 16 heavy (non-hydrogen) atoms. The van der Waals surface area contributed by atoms with E-state index in [1.807, 2.05) is 0 Å². The molecule has 0 fully saturated rings. The van der Waals surface area contributed by atoms with E-state index in [4.69, 9.17) is 5.11 Å². The summed E-state index contributed by atoms with van der Waals surface area (Å²) in [5.41, 5.74) is 0.475. The number of carboxylic acid groups (broad SMARTS) is 1. The minimum absolute atomic E-state index is 0.0374. The fourth-order valence-corrected chi connectivity index (χ4v) is 1.09. The van der Waals surface area contributed by atoms with Crippen molar-refractivity contribution in [1.82, 2.24) is 5.32 Å². The van der Waals surface area contributed by atoms with E-state index in [9.17, 15) is 14.7 Å². The van der Waals surface area contributed by atoms with Crippen LogP contribution in [0.2, 0.25) is 0 Å². The zero-order valence-electron chi connectivity index (χ0n) is 8.67. The Balaban J connectivity index is 2.66. The maximum atomic E-state index is 11.4. The van der Waals surface area contributed by atoms with Gasteiger partial charge >= 0.3 is 12.0 Å². The van der Waals surface area contributed by atoms with Crippen molar-refractivity contribution in [2.24, 2.45) is 0 Å². The highest BCUT2D eigenvalue weighted by molar-refractivity contribution is 5.93. The predicted octanol–water partition coefficient (Wildman–Crippen LogP) is 0.623. The molecule has 0 saturated heterocycles. The number of anilines is 1. The first-order valence-electron chi connectivity index (χ1n) is 4.53. The van der Waals surface area contributed by atoms with Crippen molar-refractivity contribution in [1.29, 1.82) is 0 Å². The van der Waals surface area contributed by atoms with Gasteiger partial charge in [-0.1, -0.05) is 6.07 Å². The highest BCUT2D eigenvalue weighted by Gasteiger charge is 2.11. The first kappa shape index (κ1) is 11.8. The van der Waals surface area contributed by atoms with Gasteiger partial charge < -0.3 is 15.5 Å². The molecule has 0 aliphatic rings. The summed E-state index contributed by atoms with van der Waals surface area (Å²) in [4.78, 5) is 22.9. The Morgan fingerprint density at radius 2 is 2.12 bits per heavy atom. The lowest BCUT2D eigenvalue weighted by atomic mass is 10.3. The molecule has 0 aliphatic carbocycles. The van der Waals surface area contributed by atoms with Crippen LogP contribution in [0.1, 0.15) is 0 Å². The third kappa shape index (κ3) is 3.16. The third-order valence-corrected chi connectivity index (χ3v) is 1.91. The minimum Gasteiger partial charge on any atom is -0.508 e. The smallest absolute Gasteiger partial charge is 0.323 e. The number of nitrogens with zero attached hydrogens (tertiary/aromatic N) is 1. The number of rotatable bonds is 3. The van der Waals surface area contributed by atoms with Crippen LogP contribution in [0.5, 0.6) is 5.75 Å². The van der Waals surface area contributed by atoms with Crippen LogP contribution in [0.3, 0.4) is 0 Å². The maximum Gasteiger partial charge on any atom is 0.323 e. The Labute approximate surface area is 92.1 Å². The summed E-state index contributed by atoms with van der Waals surface area (Å²) in [6.07, 6.45) is 0. The number of amides is 2. The molecule has 6 heteroatoms. The average molecular weight is 224 g/mol. The van der Waals surface area contributed by atoms with Gasteiger partial charge in [-0.15, -0.1) is 0 Å². The van der Waals surface area contributed by atoms with Crippen molar-refractivity contribution in [2.45, 2.75) is 0 Å². The molecule has 0 bridgehead atoms. The molecule has 1 rings (SSSR count). The van der Waals surface area contributed by atoms with Gasteiger partial charge in [0.25, 0.3) is 0 Å². The molecule has 6 nitrogen and oxygen atoms in total. The topological polar surface area (TPSA) is 89.9 Å². The van der Waals surface area contributed by atoms with E-state index in [2.05, 4.69) is 5.32 Å². The van der Waals surface area contributed by atoms with E-state index >= 15 is 0 Å². The van der Waals surface area contributed by atoms with Crippen molar-refractivity contribution >= 4 is 17.7 Å². The van der Waals surface area contributed by atoms with Crippen LogP contribution in [-0.2, 0) is 4.79 Å². The van der Waals surface area contributed by atoms with Gasteiger partial charge in [-0.2, -0.15) is 0 Å². The number of benzene rings is 1. The number of carbonyl (C=O) groups excluding carboxylic acids is 1. The van der Waals surface area contributed by atoms with Crippen molar-refractivity contribution in [2.75, 3.05) is 18.5 Å². The van der Waals surface area contributed by atoms with E-state index in [-0.39, 0.29) is 5.75 Å². The first-order valence-corrected chi connectivity index (χ1v) is 4.53. The number of hydrogen-bond donors (Lipinski definition) is 3. The Morgan fingerprint density at radius 3 is 2.69 bits per heavy atom. The van der Waals surface area contributed by atoms with Crippen LogP contribution in [0.15, 0.2) is 24.3 Å². The van der Waals surface area contributed by atoms with Gasteiger partial charge in [-0.05, 0) is 12.1 Å². The fraction of sp³-hybridized carbons (Fsp3) is 0.200. The normalized spacial score (nSPS) is 9.56. The molecular weight excluding hydrogens is 212 g/mol. The van der Waals surface area contributed by atoms with Gasteiger partial charge in [-0.3, -0.25) is 9.69 Å². The largest absolute Gasteiger partial charge is 0.508 e. The van der Waals surface area contributed by atoms with Crippen molar-refractivity contribution in [3.05, 3.63) is 24.3 Å². The van der Waals surface area contributed by atoms with Gasteiger partial charge in [0.05, 0.1) is 0 Å². The molecular formula is C10H12N2O4. The highest BCUT2D eigenvalue weighted by Crippen LogP contribution is 2.18. The van der Waals surface area contributed by atoms with E-state index in [0.29, 0.717) is 5.69 Å². The molecule has 0 heterocycles. The Bertz CT molecular complexity index is 406. The Morgan fingerprint density at radius 1 is 1.44 bits per heavy atom. The molecule has 0 unspecified atom stereocenters. The average Bonchev–Trinajstić information content (AvgIpc) is 2.24. The Kier molecular flexibility index (Phi) is 3.71. The number of aliphatic carboxylic acids is 1. The number of urea groups is 1. The Hall–Kier alpha value is -2.24. The van der Waals surface area contributed by atoms with E-state index in [1.54, 1.807) is 12.1 Å². The SMILES string of the molecule is CN(C(=O)NCC(=O)O)c1cccc(O)c1. The highest BCUT2D eigenvalue weighted by atomic mass is 16.4. The van der Waals surface area contributed by atoms with Crippen molar-refractivity contribution < 1.29 is 19.8 Å². The zero-order chi connectivity index (χ0) is 12.1. The second kappa shape index (κ2) is 5.01. The second-order valence-electron chi connectivity index (χ2n) is 3.13. The lowest BCUT2D eigenvalue weighted by molar-refractivity contribution is -0.135. The molecule has 0 aromatic heterocycles. The monoisotopic (exact) mass is 224 g/mol. The quantitative estimate of drug-likeness (QED) is 0.702. The van der Waals surface area contributed by atoms with E-state index in [0.717, 1.165) is 0 Å². The third-order valence-electron chi connectivity index (χ3n) is 1.91. The fourth-order valence-electron chi connectivity index (χ4n) is 1.09. The molecule has 1 aromatic rings. The lowest BCUT2D eigenvalue weighted by Crippen LogP contribution is -2.39. The molecule has 0 spiro atoms. The van der Waals surface area contributed by atoms with Gasteiger partial charge in [0.1, 0.15) is 12.3 Å². The standard InChI is InChI=1S/C10H12N2O4/c1-12(10(16)11-6-9(14)15)7-3-2-4-8(13)5-7/h2-5,13H,6H2,1H3,(H,11,16)(H,14,15). The van der Waals surface area contributed by atoms with Gasteiger partial charge in [0.15, 0.2) is 0 Å². The summed E-state index contributed by atoms with van der Waals surface area (Å²) >= 11 is 0. The maximum absolute atomic E-state index is 11.4. The summed E-state index contributed by atoms with van der Waals surface area (Å²) in [5, 5.41) is 19.8. The second-order valence-corrected chi connectivity index (χ2v) is 3.13. The van der Waals surface area contributed by atoms with Crippen LogP contribution < -0.4 is 10.2 Å². The number of carboxylic acids is 1. The number of phenolic OH excluding ortho intramolecular Hbond substituents is 1. The minimum atomic E-state index is -1.11. The molecule has 86 valence electrons. The number of aromatic hydroxyl groups is 1.